The van der Waals surface area contributed by atoms with Gasteiger partial charge in [-0.05, 0) is 62.6 Å². The molecule has 1 saturated carbocycles. The fraction of sp³-hybridized carbons (Fsp3) is 0.286. The van der Waals surface area contributed by atoms with E-state index in [4.69, 9.17) is 33.0 Å². The number of aliphatic carboxylic acids is 1. The third-order valence-corrected chi connectivity index (χ3v) is 8.76. The lowest BCUT2D eigenvalue weighted by atomic mass is 9.78. The van der Waals surface area contributed by atoms with Crippen LogP contribution < -0.4 is 19.5 Å². The molecular weight excluding hydrogens is 655 g/mol. The van der Waals surface area contributed by atoms with E-state index in [1.165, 1.54) is 18.2 Å². The van der Waals surface area contributed by atoms with Gasteiger partial charge >= 0.3 is 12.1 Å². The molecule has 3 aromatic rings. The highest BCUT2D eigenvalue weighted by Crippen LogP contribution is 2.38. The molecule has 1 amide bonds. The molecule has 3 aromatic carbocycles. The first-order valence-electron chi connectivity index (χ1n) is 12.8. The van der Waals surface area contributed by atoms with Gasteiger partial charge in [-0.2, -0.15) is 13.2 Å². The van der Waals surface area contributed by atoms with Gasteiger partial charge in [0.15, 0.2) is 12.4 Å². The average Bonchev–Trinajstić information content (AvgIpc) is 2.89. The fourth-order valence-electron chi connectivity index (χ4n) is 4.24. The zero-order chi connectivity index (χ0) is 32.4. The molecule has 44 heavy (non-hydrogen) atoms. The second kappa shape index (κ2) is 12.7. The average molecular weight is 679 g/mol. The maximum atomic E-state index is 14.6. The second-order valence-corrected chi connectivity index (χ2v) is 12.7. The highest BCUT2D eigenvalue weighted by Gasteiger charge is 2.34. The lowest BCUT2D eigenvalue weighted by molar-refractivity contribution is -0.153. The number of sulfonamides is 1. The fourth-order valence-corrected chi connectivity index (χ4v) is 6.06. The van der Waals surface area contributed by atoms with Crippen molar-refractivity contribution in [2.45, 2.75) is 49.2 Å². The number of carbonyl (C=O) groups excluding carboxylic acids is 1. The second-order valence-electron chi connectivity index (χ2n) is 10.2. The van der Waals surface area contributed by atoms with Gasteiger partial charge in [-0.25, -0.2) is 12.8 Å². The van der Waals surface area contributed by atoms with Crippen LogP contribution in [0.25, 0.3) is 0 Å². The number of carboxylic acids is 1. The monoisotopic (exact) mass is 678 g/mol. The van der Waals surface area contributed by atoms with E-state index in [0.717, 1.165) is 49.6 Å². The van der Waals surface area contributed by atoms with Crippen LogP contribution >= 0.6 is 23.2 Å². The van der Waals surface area contributed by atoms with Crippen molar-refractivity contribution in [1.82, 2.24) is 5.32 Å². The molecule has 1 aliphatic rings. The van der Waals surface area contributed by atoms with Crippen LogP contribution in [0.3, 0.4) is 0 Å². The number of halogens is 6. The third kappa shape index (κ3) is 8.24. The lowest BCUT2D eigenvalue weighted by Gasteiger charge is -2.39. The number of anilines is 1. The first kappa shape index (κ1) is 33.1. The number of carboxylic acid groups (broad SMARTS) is 1. The van der Waals surface area contributed by atoms with Crippen LogP contribution in [0.1, 0.15) is 42.1 Å². The van der Waals surface area contributed by atoms with Gasteiger partial charge in [-0.15, -0.1) is 0 Å². The van der Waals surface area contributed by atoms with E-state index in [1.54, 1.807) is 0 Å². The summed E-state index contributed by atoms with van der Waals surface area (Å²) in [4.78, 5) is 23.5. The minimum absolute atomic E-state index is 0.0410. The van der Waals surface area contributed by atoms with E-state index in [-0.39, 0.29) is 39.1 Å². The van der Waals surface area contributed by atoms with Gasteiger partial charge in [0.2, 0.25) is 0 Å². The molecule has 1 fully saturated rings. The Morgan fingerprint density at radius 1 is 1.02 bits per heavy atom. The molecule has 0 unspecified atom stereocenters. The van der Waals surface area contributed by atoms with Crippen LogP contribution in [-0.2, 0) is 21.2 Å². The van der Waals surface area contributed by atoms with Gasteiger partial charge in [0.25, 0.3) is 15.9 Å². The van der Waals surface area contributed by atoms with Crippen molar-refractivity contribution in [2.24, 2.45) is 0 Å². The highest BCUT2D eigenvalue weighted by molar-refractivity contribution is 7.92. The van der Waals surface area contributed by atoms with Crippen molar-refractivity contribution < 1.29 is 50.1 Å². The first-order chi connectivity index (χ1) is 20.4. The topological polar surface area (TPSA) is 131 Å². The van der Waals surface area contributed by atoms with E-state index in [0.29, 0.717) is 0 Å². The van der Waals surface area contributed by atoms with Crippen molar-refractivity contribution >= 4 is 50.8 Å². The number of nitrogens with one attached hydrogen (secondary N) is 2. The van der Waals surface area contributed by atoms with Crippen LogP contribution in [0.4, 0.5) is 23.2 Å². The maximum absolute atomic E-state index is 14.6. The largest absolute Gasteiger partial charge is 0.484 e. The van der Waals surface area contributed by atoms with Crippen LogP contribution in [0, 0.1) is 5.82 Å². The zero-order valence-electron chi connectivity index (χ0n) is 22.7. The normalized spacial score (nSPS) is 14.3. The molecule has 0 atom stereocenters. The molecule has 9 nitrogen and oxygen atoms in total. The predicted molar refractivity (Wildman–Crippen MR) is 153 cm³/mol. The van der Waals surface area contributed by atoms with Crippen LogP contribution in [0.15, 0.2) is 53.4 Å². The molecule has 0 aromatic heterocycles. The summed E-state index contributed by atoms with van der Waals surface area (Å²) in [5.74, 6) is -3.60. The molecule has 0 radical (unpaired) electrons. The third-order valence-electron chi connectivity index (χ3n) is 6.62. The number of carbonyl (C=O) groups is 2. The minimum atomic E-state index is -4.63. The molecule has 236 valence electrons. The number of benzene rings is 3. The Morgan fingerprint density at radius 2 is 1.73 bits per heavy atom. The van der Waals surface area contributed by atoms with Crippen LogP contribution in [0.5, 0.6) is 17.2 Å². The van der Waals surface area contributed by atoms with Gasteiger partial charge in [0.05, 0.1) is 22.2 Å². The van der Waals surface area contributed by atoms with E-state index in [2.05, 4.69) is 14.8 Å². The summed E-state index contributed by atoms with van der Waals surface area (Å²) in [6, 6.07) is 8.43. The van der Waals surface area contributed by atoms with Crippen molar-refractivity contribution in [2.75, 3.05) is 11.3 Å². The molecule has 0 bridgehead atoms. The van der Waals surface area contributed by atoms with Crippen molar-refractivity contribution in [3.8, 4) is 17.2 Å². The maximum Gasteiger partial charge on any atom is 0.422 e. The summed E-state index contributed by atoms with van der Waals surface area (Å²) in [6.45, 7) is 0.243. The number of amides is 1. The van der Waals surface area contributed by atoms with E-state index in [9.17, 15) is 35.6 Å². The Bertz CT molecular complexity index is 1710. The number of hydrogen-bond donors (Lipinski definition) is 3. The lowest BCUT2D eigenvalue weighted by Crippen LogP contribution is -2.50. The van der Waals surface area contributed by atoms with Crippen molar-refractivity contribution in [1.29, 1.82) is 0 Å². The Kier molecular flexibility index (Phi) is 9.57. The predicted octanol–water partition coefficient (Wildman–Crippen LogP) is 6.97. The first-order valence-corrected chi connectivity index (χ1v) is 15.0. The van der Waals surface area contributed by atoms with Gasteiger partial charge in [-0.3, -0.25) is 14.3 Å². The van der Waals surface area contributed by atoms with Crippen LogP contribution in [-0.4, -0.2) is 43.7 Å². The SMILES string of the molecule is CC1(NC(=O)c2ccc(Oc3cc(F)c(CC(=O)O)cc3Cl)c(NS(=O)(=O)c3ccc(OCC(F)(F)F)cc3Cl)c2)CCC1. The summed E-state index contributed by atoms with van der Waals surface area (Å²) in [6.07, 6.45) is -2.85. The highest BCUT2D eigenvalue weighted by atomic mass is 35.5. The standard InChI is InChI=1S/C28H24Cl2F4N2O7S/c1-27(7-2-8-27)35-26(39)15-3-5-22(43-23-13-20(31)16(9-18(23)29)11-25(37)38)21(10-15)36-44(40,41)24-6-4-17(12-19(24)30)42-14-28(32,33)34/h3-6,9-10,12-13,36H,2,7-8,11,14H2,1H3,(H,35,39)(H,37,38). The Hall–Kier alpha value is -3.75. The van der Waals surface area contributed by atoms with Gasteiger partial charge < -0.3 is 19.9 Å². The minimum Gasteiger partial charge on any atom is -0.484 e. The zero-order valence-corrected chi connectivity index (χ0v) is 25.1. The number of alkyl halides is 3. The quantitative estimate of drug-likeness (QED) is 0.187. The Labute approximate surface area is 259 Å². The smallest absolute Gasteiger partial charge is 0.422 e. The van der Waals surface area contributed by atoms with Crippen LogP contribution in [0.2, 0.25) is 10.0 Å². The number of rotatable bonds is 11. The summed E-state index contributed by atoms with van der Waals surface area (Å²) in [5.41, 5.74) is -0.905. The molecule has 0 spiro atoms. The number of hydrogen-bond acceptors (Lipinski definition) is 6. The molecular formula is C28H24Cl2F4N2O7S. The van der Waals surface area contributed by atoms with Gasteiger partial charge in [0, 0.05) is 28.8 Å². The van der Waals surface area contributed by atoms with Gasteiger partial charge in [0.1, 0.15) is 22.2 Å². The summed E-state index contributed by atoms with van der Waals surface area (Å²) in [5, 5.41) is 11.2. The summed E-state index contributed by atoms with van der Waals surface area (Å²) >= 11 is 12.3. The van der Waals surface area contributed by atoms with E-state index in [1.807, 2.05) is 6.92 Å². The molecule has 3 N–H and O–H groups in total. The summed E-state index contributed by atoms with van der Waals surface area (Å²) in [7, 11) is -4.57. The molecule has 4 rings (SSSR count). The molecule has 0 aliphatic heterocycles. The van der Waals surface area contributed by atoms with E-state index >= 15 is 0 Å². The van der Waals surface area contributed by atoms with Crippen molar-refractivity contribution in [3.63, 3.8) is 0 Å². The summed E-state index contributed by atoms with van der Waals surface area (Å²) < 4.78 is 91.4. The molecule has 16 heteroatoms. The van der Waals surface area contributed by atoms with Gasteiger partial charge in [-0.1, -0.05) is 23.2 Å². The van der Waals surface area contributed by atoms with Crippen molar-refractivity contribution in [3.05, 3.63) is 75.5 Å². The Balaban J connectivity index is 1.69. The number of ether oxygens (including phenoxy) is 2. The molecule has 0 saturated heterocycles. The molecule has 1 aliphatic carbocycles. The molecule has 0 heterocycles. The Morgan fingerprint density at radius 3 is 2.32 bits per heavy atom. The van der Waals surface area contributed by atoms with E-state index < -0.39 is 62.4 Å².